The number of nitrogens with one attached hydrogen (secondary N) is 2. The number of nitrogens with zero attached hydrogens (tertiary/aromatic N) is 4. The first kappa shape index (κ1) is 29.0. The average Bonchev–Trinajstić information content (AvgIpc) is 2.93. The number of carbonyl (C=O) groups is 1. The number of halogens is 1. The van der Waals surface area contributed by atoms with Crippen LogP contribution in [-0.2, 0) is 21.2 Å². The van der Waals surface area contributed by atoms with E-state index in [9.17, 15) is 17.6 Å². The van der Waals surface area contributed by atoms with Crippen molar-refractivity contribution in [3.05, 3.63) is 65.5 Å². The number of anilines is 2. The highest BCUT2D eigenvalue weighted by atomic mass is 32.2. The second-order valence-electron chi connectivity index (χ2n) is 9.65. The number of carbonyl (C=O) groups excluding carboxylic acids is 1. The van der Waals surface area contributed by atoms with Crippen LogP contribution in [0.3, 0.4) is 0 Å². The summed E-state index contributed by atoms with van der Waals surface area (Å²) in [5.41, 5.74) is 1.45. The van der Waals surface area contributed by atoms with Gasteiger partial charge in [0.1, 0.15) is 29.8 Å². The second-order valence-corrected chi connectivity index (χ2v) is 11.7. The minimum atomic E-state index is -3.57. The minimum Gasteiger partial charge on any atom is -0.474 e. The molecule has 0 saturated carbocycles. The maximum atomic E-state index is 14.6. The molecular formula is C27H31FN6O5S. The Morgan fingerprint density at radius 2 is 1.95 bits per heavy atom. The van der Waals surface area contributed by atoms with Crippen LogP contribution in [0.25, 0.3) is 0 Å². The Bertz CT molecular complexity index is 1480. The Hall–Kier alpha value is -3.97. The number of hydrogen-bond donors (Lipinski definition) is 2. The lowest BCUT2D eigenvalue weighted by Crippen LogP contribution is -2.42. The Labute approximate surface area is 232 Å². The summed E-state index contributed by atoms with van der Waals surface area (Å²) in [5, 5.41) is 10.6. The molecule has 0 spiro atoms. The summed E-state index contributed by atoms with van der Waals surface area (Å²) in [6, 6.07) is 7.03. The van der Waals surface area contributed by atoms with Gasteiger partial charge < -0.3 is 25.1 Å². The molecule has 1 amide bonds. The monoisotopic (exact) mass is 570 g/mol. The molecule has 0 aliphatic carbocycles. The van der Waals surface area contributed by atoms with Crippen LogP contribution in [0.1, 0.15) is 48.3 Å². The molecule has 0 unspecified atom stereocenters. The van der Waals surface area contributed by atoms with E-state index < -0.39 is 15.7 Å². The number of ether oxygens (including phenoxy) is 2. The molecule has 4 rings (SSSR count). The van der Waals surface area contributed by atoms with Crippen LogP contribution in [0.2, 0.25) is 0 Å². The molecule has 40 heavy (non-hydrogen) atoms. The highest BCUT2D eigenvalue weighted by molar-refractivity contribution is 7.90. The Morgan fingerprint density at radius 3 is 2.55 bits per heavy atom. The molecule has 1 saturated heterocycles. The third-order valence-electron chi connectivity index (χ3n) is 6.25. The lowest BCUT2D eigenvalue weighted by atomic mass is 10.1. The molecule has 1 aliphatic rings. The first-order valence-corrected chi connectivity index (χ1v) is 14.6. The van der Waals surface area contributed by atoms with E-state index in [0.29, 0.717) is 38.2 Å². The molecule has 1 aliphatic heterocycles. The molecule has 0 radical (unpaired) electrons. The SMILES string of the molecule is CC(C)OCc1ccc(C(=O)N2CCC(Oc3ncnc(Nc4ccc(S(C)(=O)=O)cc4F)c3C=N)CC2)nc1. The number of amides is 1. The Balaban J connectivity index is 1.38. The van der Waals surface area contributed by atoms with Gasteiger partial charge in [-0.25, -0.2) is 22.8 Å². The van der Waals surface area contributed by atoms with Crippen molar-refractivity contribution in [1.82, 2.24) is 19.9 Å². The first-order valence-electron chi connectivity index (χ1n) is 12.7. The van der Waals surface area contributed by atoms with E-state index in [1.807, 2.05) is 19.9 Å². The topological polar surface area (TPSA) is 147 Å². The van der Waals surface area contributed by atoms with E-state index in [1.165, 1.54) is 18.5 Å². The maximum Gasteiger partial charge on any atom is 0.272 e. The molecule has 1 fully saturated rings. The third-order valence-corrected chi connectivity index (χ3v) is 7.36. The molecule has 2 N–H and O–H groups in total. The Morgan fingerprint density at radius 1 is 1.20 bits per heavy atom. The molecule has 11 nitrogen and oxygen atoms in total. The zero-order chi connectivity index (χ0) is 28.9. The fourth-order valence-electron chi connectivity index (χ4n) is 4.05. The number of likely N-dealkylation sites (tertiary alicyclic amines) is 1. The standard InChI is InChI=1S/C27H31FN6O5S/c1-17(2)38-15-18-4-6-24(30-14-18)27(35)34-10-8-19(9-11-34)39-26-21(13-29)25(31-16-32-26)33-23-7-5-20(12-22(23)28)40(3,36)37/h4-7,12-14,16-17,19,29H,8-11,15H2,1-3H3,(H,31,32,33). The number of piperidine rings is 1. The van der Waals surface area contributed by atoms with E-state index in [1.54, 1.807) is 17.2 Å². The zero-order valence-electron chi connectivity index (χ0n) is 22.4. The van der Waals surface area contributed by atoms with Gasteiger partial charge in [-0.1, -0.05) is 6.07 Å². The van der Waals surface area contributed by atoms with Gasteiger partial charge in [0, 0.05) is 44.6 Å². The van der Waals surface area contributed by atoms with Crippen LogP contribution in [-0.4, -0.2) is 71.9 Å². The second kappa shape index (κ2) is 12.5. The first-order chi connectivity index (χ1) is 19.0. The van der Waals surface area contributed by atoms with Gasteiger partial charge in [-0.3, -0.25) is 9.78 Å². The number of pyridine rings is 1. The fraction of sp³-hybridized carbons (Fsp3) is 0.370. The van der Waals surface area contributed by atoms with Crippen molar-refractivity contribution in [2.45, 2.75) is 50.4 Å². The van der Waals surface area contributed by atoms with Gasteiger partial charge in [-0.2, -0.15) is 0 Å². The average molecular weight is 571 g/mol. The summed E-state index contributed by atoms with van der Waals surface area (Å²) in [4.78, 5) is 27.1. The van der Waals surface area contributed by atoms with Crippen molar-refractivity contribution in [2.24, 2.45) is 0 Å². The smallest absolute Gasteiger partial charge is 0.272 e. The van der Waals surface area contributed by atoms with Crippen molar-refractivity contribution in [2.75, 3.05) is 24.7 Å². The summed E-state index contributed by atoms with van der Waals surface area (Å²) in [6.07, 6.45) is 5.80. The van der Waals surface area contributed by atoms with Crippen molar-refractivity contribution in [3.8, 4) is 5.88 Å². The lowest BCUT2D eigenvalue weighted by molar-refractivity contribution is 0.0579. The van der Waals surface area contributed by atoms with E-state index in [2.05, 4.69) is 20.3 Å². The van der Waals surface area contributed by atoms with Gasteiger partial charge in [-0.15, -0.1) is 0 Å². The highest BCUT2D eigenvalue weighted by Gasteiger charge is 2.27. The summed E-state index contributed by atoms with van der Waals surface area (Å²) < 4.78 is 49.6. The molecule has 0 atom stereocenters. The largest absolute Gasteiger partial charge is 0.474 e. The predicted molar refractivity (Wildman–Crippen MR) is 146 cm³/mol. The maximum absolute atomic E-state index is 14.6. The quantitative estimate of drug-likeness (QED) is 0.348. The van der Waals surface area contributed by atoms with Crippen LogP contribution in [0.4, 0.5) is 15.9 Å². The van der Waals surface area contributed by atoms with E-state index in [-0.39, 0.29) is 46.0 Å². The normalized spacial score (nSPS) is 14.3. The van der Waals surface area contributed by atoms with Gasteiger partial charge >= 0.3 is 0 Å². The number of hydrogen-bond acceptors (Lipinski definition) is 10. The van der Waals surface area contributed by atoms with Crippen molar-refractivity contribution in [1.29, 1.82) is 5.41 Å². The summed E-state index contributed by atoms with van der Waals surface area (Å²) in [6.45, 7) is 5.26. The number of benzene rings is 1. The van der Waals surface area contributed by atoms with Gasteiger partial charge in [0.15, 0.2) is 9.84 Å². The van der Waals surface area contributed by atoms with Crippen LogP contribution in [0, 0.1) is 11.2 Å². The van der Waals surface area contributed by atoms with E-state index in [4.69, 9.17) is 14.9 Å². The van der Waals surface area contributed by atoms with E-state index in [0.717, 1.165) is 24.1 Å². The number of aromatic nitrogens is 3. The van der Waals surface area contributed by atoms with Crippen LogP contribution in [0.5, 0.6) is 5.88 Å². The molecule has 212 valence electrons. The minimum absolute atomic E-state index is 0.0129. The highest BCUT2D eigenvalue weighted by Crippen LogP contribution is 2.28. The molecule has 0 bridgehead atoms. The number of sulfone groups is 1. The van der Waals surface area contributed by atoms with Gasteiger partial charge in [0.05, 0.1) is 28.9 Å². The van der Waals surface area contributed by atoms with Gasteiger partial charge in [0.2, 0.25) is 5.88 Å². The number of rotatable bonds is 10. The van der Waals surface area contributed by atoms with Gasteiger partial charge in [0.25, 0.3) is 5.91 Å². The molecule has 3 aromatic rings. The lowest BCUT2D eigenvalue weighted by Gasteiger charge is -2.32. The van der Waals surface area contributed by atoms with Gasteiger partial charge in [-0.05, 0) is 43.7 Å². The predicted octanol–water partition coefficient (Wildman–Crippen LogP) is 3.76. The van der Waals surface area contributed by atoms with Crippen LogP contribution >= 0.6 is 0 Å². The summed E-state index contributed by atoms with van der Waals surface area (Å²) in [7, 11) is -3.57. The summed E-state index contributed by atoms with van der Waals surface area (Å²) in [5.74, 6) is -0.671. The van der Waals surface area contributed by atoms with Crippen LogP contribution in [0.15, 0.2) is 47.8 Å². The molecule has 2 aromatic heterocycles. The van der Waals surface area contributed by atoms with Crippen LogP contribution < -0.4 is 10.1 Å². The molecular weight excluding hydrogens is 539 g/mol. The van der Waals surface area contributed by atoms with Crippen molar-refractivity contribution >= 4 is 33.5 Å². The van der Waals surface area contributed by atoms with Crippen molar-refractivity contribution in [3.63, 3.8) is 0 Å². The fourth-order valence-corrected chi connectivity index (χ4v) is 4.69. The summed E-state index contributed by atoms with van der Waals surface area (Å²) >= 11 is 0. The molecule has 1 aromatic carbocycles. The van der Waals surface area contributed by atoms with E-state index >= 15 is 0 Å². The molecule has 13 heteroatoms. The molecule has 3 heterocycles. The zero-order valence-corrected chi connectivity index (χ0v) is 23.2. The Kier molecular flexibility index (Phi) is 9.05. The van der Waals surface area contributed by atoms with Crippen molar-refractivity contribution < 1.29 is 27.1 Å². The third kappa shape index (κ3) is 7.16.